The molecule has 78 valence electrons. The fourth-order valence-electron chi connectivity index (χ4n) is 1.21. The van der Waals surface area contributed by atoms with Gasteiger partial charge in [0.2, 0.25) is 0 Å². The minimum Gasteiger partial charge on any atom is -0.381 e. The average Bonchev–Trinajstić information content (AvgIpc) is 2.46. The van der Waals surface area contributed by atoms with Gasteiger partial charge in [0.05, 0.1) is 15.6 Å². The van der Waals surface area contributed by atoms with E-state index in [1.54, 1.807) is 18.2 Å². The minimum absolute atomic E-state index is 0.376. The fourth-order valence-corrected chi connectivity index (χ4v) is 2.06. The van der Waals surface area contributed by atoms with E-state index < -0.39 is 0 Å². The summed E-state index contributed by atoms with van der Waals surface area (Å²) in [6, 6.07) is 5.26. The molecule has 3 N–H and O–H groups in total. The van der Waals surface area contributed by atoms with Gasteiger partial charge in [-0.1, -0.05) is 29.3 Å². The van der Waals surface area contributed by atoms with E-state index in [1.165, 1.54) is 0 Å². The first-order chi connectivity index (χ1) is 7.09. The number of benzene rings is 1. The van der Waals surface area contributed by atoms with Crippen LogP contribution in [0.15, 0.2) is 22.8 Å². The lowest BCUT2D eigenvalue weighted by Gasteiger charge is -2.02. The normalized spacial score (nSPS) is 10.6. The summed E-state index contributed by atoms with van der Waals surface area (Å²) in [7, 11) is 0. The molecule has 2 rings (SSSR count). The molecule has 0 amide bonds. The predicted octanol–water partition coefficient (Wildman–Crippen LogP) is 3.73. The molecule has 1 heterocycles. The molecular weight excluding hydrogens is 301 g/mol. The molecule has 0 bridgehead atoms. The van der Waals surface area contributed by atoms with Crippen molar-refractivity contribution in [3.05, 3.63) is 32.8 Å². The van der Waals surface area contributed by atoms with Crippen molar-refractivity contribution in [1.82, 2.24) is 9.97 Å². The van der Waals surface area contributed by atoms with Crippen molar-refractivity contribution < 1.29 is 0 Å². The smallest absolute Gasteiger partial charge is 0.157 e. The second kappa shape index (κ2) is 4.04. The van der Waals surface area contributed by atoms with Crippen LogP contribution in [0, 0.1) is 0 Å². The van der Waals surface area contributed by atoms with Gasteiger partial charge in [-0.25, -0.2) is 4.98 Å². The number of aromatic nitrogens is 2. The molecule has 0 saturated heterocycles. The van der Waals surface area contributed by atoms with Crippen LogP contribution in [0.3, 0.4) is 0 Å². The van der Waals surface area contributed by atoms with Crippen molar-refractivity contribution in [2.45, 2.75) is 0 Å². The highest BCUT2D eigenvalue weighted by atomic mass is 79.9. The number of anilines is 1. The Hall–Kier alpha value is -0.710. The number of nitrogen functional groups attached to an aromatic ring is 1. The standard InChI is InChI=1S/C9H6BrCl2N3/c10-7-8(13)15-9(14-7)6-4(11)2-1-3-5(6)12/h1-3H,13H2,(H,14,15). The molecule has 15 heavy (non-hydrogen) atoms. The van der Waals surface area contributed by atoms with E-state index in [0.29, 0.717) is 31.9 Å². The number of imidazole rings is 1. The monoisotopic (exact) mass is 305 g/mol. The van der Waals surface area contributed by atoms with Gasteiger partial charge < -0.3 is 10.7 Å². The van der Waals surface area contributed by atoms with E-state index in [2.05, 4.69) is 25.9 Å². The van der Waals surface area contributed by atoms with Crippen LogP contribution in [0.5, 0.6) is 0 Å². The Morgan fingerprint density at radius 3 is 2.33 bits per heavy atom. The summed E-state index contributed by atoms with van der Waals surface area (Å²) in [5.74, 6) is 0.927. The Morgan fingerprint density at radius 2 is 1.87 bits per heavy atom. The van der Waals surface area contributed by atoms with Crippen LogP contribution in [-0.2, 0) is 0 Å². The SMILES string of the molecule is Nc1nc(-c2c(Cl)cccc2Cl)[nH]c1Br. The summed E-state index contributed by atoms with van der Waals surface area (Å²) >= 11 is 15.3. The second-order valence-electron chi connectivity index (χ2n) is 2.88. The first-order valence-corrected chi connectivity index (χ1v) is 5.60. The molecule has 1 aromatic carbocycles. The Bertz CT molecular complexity index is 470. The first-order valence-electron chi connectivity index (χ1n) is 4.05. The Balaban J connectivity index is 2.63. The van der Waals surface area contributed by atoms with Crippen LogP contribution < -0.4 is 5.73 Å². The number of H-pyrrole nitrogens is 1. The summed E-state index contributed by atoms with van der Waals surface area (Å²) < 4.78 is 0.619. The van der Waals surface area contributed by atoms with Gasteiger partial charge in [-0.2, -0.15) is 0 Å². The molecule has 6 heteroatoms. The van der Waals surface area contributed by atoms with Gasteiger partial charge >= 0.3 is 0 Å². The quantitative estimate of drug-likeness (QED) is 0.843. The molecule has 0 fully saturated rings. The molecule has 1 aromatic heterocycles. The maximum Gasteiger partial charge on any atom is 0.157 e. The Kier molecular flexibility index (Phi) is 2.91. The van der Waals surface area contributed by atoms with Crippen molar-refractivity contribution in [3.63, 3.8) is 0 Å². The number of nitrogens with one attached hydrogen (secondary N) is 1. The van der Waals surface area contributed by atoms with Crippen molar-refractivity contribution in [1.29, 1.82) is 0 Å². The van der Waals surface area contributed by atoms with Crippen LogP contribution in [-0.4, -0.2) is 9.97 Å². The number of hydrogen-bond donors (Lipinski definition) is 2. The van der Waals surface area contributed by atoms with Gasteiger partial charge in [0.1, 0.15) is 10.4 Å². The van der Waals surface area contributed by atoms with Crippen molar-refractivity contribution in [2.24, 2.45) is 0 Å². The average molecular weight is 307 g/mol. The maximum atomic E-state index is 6.03. The van der Waals surface area contributed by atoms with Crippen LogP contribution in [0.2, 0.25) is 10.0 Å². The van der Waals surface area contributed by atoms with E-state index >= 15 is 0 Å². The maximum absolute atomic E-state index is 6.03. The number of rotatable bonds is 1. The molecule has 0 saturated carbocycles. The molecule has 0 aliphatic rings. The number of halogens is 3. The highest BCUT2D eigenvalue weighted by Gasteiger charge is 2.13. The summed E-state index contributed by atoms with van der Waals surface area (Å²) in [5.41, 5.74) is 6.25. The Labute approximate surface area is 105 Å². The highest BCUT2D eigenvalue weighted by molar-refractivity contribution is 9.10. The van der Waals surface area contributed by atoms with Crippen molar-refractivity contribution in [2.75, 3.05) is 5.73 Å². The molecular formula is C9H6BrCl2N3. The highest BCUT2D eigenvalue weighted by Crippen LogP contribution is 2.34. The van der Waals surface area contributed by atoms with Gasteiger partial charge in [0.25, 0.3) is 0 Å². The molecule has 0 radical (unpaired) electrons. The molecule has 0 aliphatic carbocycles. The summed E-state index contributed by atoms with van der Waals surface area (Å²) in [6.45, 7) is 0. The van der Waals surface area contributed by atoms with Crippen LogP contribution in [0.4, 0.5) is 5.82 Å². The van der Waals surface area contributed by atoms with Crippen LogP contribution >= 0.6 is 39.1 Å². The molecule has 2 aromatic rings. The number of nitrogens with zero attached hydrogens (tertiary/aromatic N) is 1. The molecule has 0 aliphatic heterocycles. The predicted molar refractivity (Wildman–Crippen MR) is 66.2 cm³/mol. The van der Waals surface area contributed by atoms with Crippen molar-refractivity contribution >= 4 is 44.9 Å². The summed E-state index contributed by atoms with van der Waals surface area (Å²) in [5, 5.41) is 1.06. The van der Waals surface area contributed by atoms with Gasteiger partial charge in [0.15, 0.2) is 5.82 Å². The van der Waals surface area contributed by atoms with Crippen LogP contribution in [0.1, 0.15) is 0 Å². The van der Waals surface area contributed by atoms with Gasteiger partial charge in [0, 0.05) is 0 Å². The zero-order valence-electron chi connectivity index (χ0n) is 7.39. The first kappa shape index (κ1) is 10.8. The third-order valence-corrected chi connectivity index (χ3v) is 3.12. The number of nitrogens with two attached hydrogens (primary N) is 1. The minimum atomic E-state index is 0.376. The van der Waals surface area contributed by atoms with Crippen molar-refractivity contribution in [3.8, 4) is 11.4 Å². The van der Waals surface area contributed by atoms with Gasteiger partial charge in [-0.3, -0.25) is 0 Å². The number of aromatic amines is 1. The zero-order chi connectivity index (χ0) is 11.0. The largest absolute Gasteiger partial charge is 0.381 e. The fraction of sp³-hybridized carbons (Fsp3) is 0. The molecule has 0 atom stereocenters. The third-order valence-electron chi connectivity index (χ3n) is 1.88. The van der Waals surface area contributed by atoms with E-state index in [-0.39, 0.29) is 0 Å². The summed E-state index contributed by atoms with van der Waals surface area (Å²) in [6.07, 6.45) is 0. The number of hydrogen-bond acceptors (Lipinski definition) is 2. The van der Waals surface area contributed by atoms with Gasteiger partial charge in [-0.15, -0.1) is 0 Å². The van der Waals surface area contributed by atoms with Crippen LogP contribution in [0.25, 0.3) is 11.4 Å². The van der Waals surface area contributed by atoms with E-state index in [1.807, 2.05) is 0 Å². The van der Waals surface area contributed by atoms with Gasteiger partial charge in [-0.05, 0) is 28.1 Å². The summed E-state index contributed by atoms with van der Waals surface area (Å²) in [4.78, 5) is 7.06. The lowest BCUT2D eigenvalue weighted by atomic mass is 10.2. The topological polar surface area (TPSA) is 54.7 Å². The van der Waals surface area contributed by atoms with E-state index in [4.69, 9.17) is 28.9 Å². The Morgan fingerprint density at radius 1 is 1.27 bits per heavy atom. The molecule has 3 nitrogen and oxygen atoms in total. The zero-order valence-corrected chi connectivity index (χ0v) is 10.5. The van der Waals surface area contributed by atoms with E-state index in [0.717, 1.165) is 0 Å². The lowest BCUT2D eigenvalue weighted by molar-refractivity contribution is 1.30. The second-order valence-corrected chi connectivity index (χ2v) is 4.49. The molecule has 0 unspecified atom stereocenters. The molecule has 0 spiro atoms. The van der Waals surface area contributed by atoms with E-state index in [9.17, 15) is 0 Å². The lowest BCUT2D eigenvalue weighted by Crippen LogP contribution is -1.86. The third kappa shape index (κ3) is 1.97.